The van der Waals surface area contributed by atoms with E-state index in [2.05, 4.69) is 5.32 Å². The molecule has 3 rings (SSSR count). The number of methoxy groups -OCH3 is 1. The number of aromatic hydroxyl groups is 1. The summed E-state index contributed by atoms with van der Waals surface area (Å²) in [4.78, 5) is 24.7. The average molecular weight is 349 g/mol. The van der Waals surface area contributed by atoms with E-state index in [4.69, 9.17) is 4.74 Å². The monoisotopic (exact) mass is 349 g/mol. The molecular formula is C21H19NO4. The lowest BCUT2D eigenvalue weighted by atomic mass is 9.98. The van der Waals surface area contributed by atoms with Gasteiger partial charge in [-0.1, -0.05) is 48.5 Å². The van der Waals surface area contributed by atoms with Crippen LogP contribution in [0.5, 0.6) is 5.75 Å². The standard InChI is InChI=1S/C21H19NO4/c1-26-21(25)19(22-20(24)16-9-5-10-17(23)12-16)13-15-8-4-7-14-6-2-3-11-18(14)15/h2-12,19,23H,13H2,1H3,(H,22,24)/t19-/m1/s1. The second kappa shape index (κ2) is 7.70. The fourth-order valence-electron chi connectivity index (χ4n) is 2.91. The smallest absolute Gasteiger partial charge is 0.328 e. The van der Waals surface area contributed by atoms with E-state index in [-0.39, 0.29) is 11.3 Å². The molecule has 0 aliphatic carbocycles. The van der Waals surface area contributed by atoms with Crippen LogP contribution in [-0.4, -0.2) is 30.1 Å². The van der Waals surface area contributed by atoms with E-state index in [1.165, 1.54) is 19.2 Å². The highest BCUT2D eigenvalue weighted by Crippen LogP contribution is 2.20. The first-order chi connectivity index (χ1) is 12.6. The van der Waals surface area contributed by atoms with Crippen molar-refractivity contribution in [3.05, 3.63) is 77.9 Å². The van der Waals surface area contributed by atoms with Crippen LogP contribution in [0, 0.1) is 0 Å². The number of rotatable bonds is 5. The minimum absolute atomic E-state index is 0.0127. The van der Waals surface area contributed by atoms with E-state index in [0.29, 0.717) is 6.42 Å². The number of ether oxygens (including phenoxy) is 1. The van der Waals surface area contributed by atoms with Crippen molar-refractivity contribution in [1.82, 2.24) is 5.32 Å². The normalized spacial score (nSPS) is 11.7. The number of esters is 1. The fourth-order valence-corrected chi connectivity index (χ4v) is 2.91. The quantitative estimate of drug-likeness (QED) is 0.694. The third-order valence-electron chi connectivity index (χ3n) is 4.20. The minimum Gasteiger partial charge on any atom is -0.508 e. The molecule has 0 heterocycles. The van der Waals surface area contributed by atoms with Gasteiger partial charge in [-0.15, -0.1) is 0 Å². The second-order valence-corrected chi connectivity index (χ2v) is 5.94. The molecule has 1 amide bonds. The molecule has 0 unspecified atom stereocenters. The number of phenolic OH excluding ortho intramolecular Hbond substituents is 1. The summed E-state index contributed by atoms with van der Waals surface area (Å²) in [5, 5.41) is 14.3. The van der Waals surface area contributed by atoms with Crippen molar-refractivity contribution in [2.75, 3.05) is 7.11 Å². The van der Waals surface area contributed by atoms with Crippen molar-refractivity contribution in [3.63, 3.8) is 0 Å². The lowest BCUT2D eigenvalue weighted by Gasteiger charge is -2.18. The summed E-state index contributed by atoms with van der Waals surface area (Å²) < 4.78 is 4.85. The van der Waals surface area contributed by atoms with E-state index in [0.717, 1.165) is 16.3 Å². The topological polar surface area (TPSA) is 75.6 Å². The van der Waals surface area contributed by atoms with Crippen LogP contribution in [0.25, 0.3) is 10.8 Å². The molecular weight excluding hydrogens is 330 g/mol. The Morgan fingerprint density at radius 3 is 2.54 bits per heavy atom. The summed E-state index contributed by atoms with van der Waals surface area (Å²) >= 11 is 0. The third-order valence-corrected chi connectivity index (χ3v) is 4.20. The zero-order valence-electron chi connectivity index (χ0n) is 14.3. The highest BCUT2D eigenvalue weighted by Gasteiger charge is 2.23. The summed E-state index contributed by atoms with van der Waals surface area (Å²) in [5.74, 6) is -0.982. The summed E-state index contributed by atoms with van der Waals surface area (Å²) in [5.41, 5.74) is 1.21. The Balaban J connectivity index is 1.86. The van der Waals surface area contributed by atoms with Crippen LogP contribution in [0.2, 0.25) is 0 Å². The largest absolute Gasteiger partial charge is 0.508 e. The van der Waals surface area contributed by atoms with Gasteiger partial charge in [0.1, 0.15) is 11.8 Å². The summed E-state index contributed by atoms with van der Waals surface area (Å²) in [7, 11) is 1.29. The van der Waals surface area contributed by atoms with Crippen molar-refractivity contribution in [2.24, 2.45) is 0 Å². The summed E-state index contributed by atoms with van der Waals surface area (Å²) in [6, 6.07) is 18.8. The Kier molecular flexibility index (Phi) is 5.17. The first-order valence-electron chi connectivity index (χ1n) is 8.23. The molecule has 1 atom stereocenters. The van der Waals surface area contributed by atoms with Crippen LogP contribution < -0.4 is 5.32 Å². The van der Waals surface area contributed by atoms with Gasteiger partial charge in [0, 0.05) is 12.0 Å². The maximum atomic E-state index is 12.5. The minimum atomic E-state index is -0.833. The number of carbonyl (C=O) groups is 2. The maximum Gasteiger partial charge on any atom is 0.328 e. The molecule has 5 nitrogen and oxygen atoms in total. The van der Waals surface area contributed by atoms with Gasteiger partial charge in [0.15, 0.2) is 0 Å². The van der Waals surface area contributed by atoms with Gasteiger partial charge >= 0.3 is 5.97 Å². The molecule has 5 heteroatoms. The predicted octanol–water partition coefficient (Wildman–Crippen LogP) is 3.06. The molecule has 0 radical (unpaired) electrons. The zero-order valence-corrected chi connectivity index (χ0v) is 14.3. The van der Waals surface area contributed by atoms with Gasteiger partial charge in [-0.2, -0.15) is 0 Å². The van der Waals surface area contributed by atoms with Gasteiger partial charge in [-0.25, -0.2) is 4.79 Å². The fraction of sp³-hybridized carbons (Fsp3) is 0.143. The SMILES string of the molecule is COC(=O)[C@@H](Cc1cccc2ccccc12)NC(=O)c1cccc(O)c1. The molecule has 0 bridgehead atoms. The van der Waals surface area contributed by atoms with Gasteiger partial charge in [-0.05, 0) is 34.5 Å². The summed E-state index contributed by atoms with van der Waals surface area (Å²) in [6.45, 7) is 0. The van der Waals surface area contributed by atoms with Crippen LogP contribution in [0.4, 0.5) is 0 Å². The molecule has 0 aliphatic heterocycles. The van der Waals surface area contributed by atoms with Crippen LogP contribution in [0.3, 0.4) is 0 Å². The van der Waals surface area contributed by atoms with Crippen LogP contribution in [0.15, 0.2) is 66.7 Å². The van der Waals surface area contributed by atoms with E-state index < -0.39 is 17.9 Å². The number of benzene rings is 3. The molecule has 2 N–H and O–H groups in total. The van der Waals surface area contributed by atoms with Crippen molar-refractivity contribution >= 4 is 22.6 Å². The molecule has 3 aromatic carbocycles. The van der Waals surface area contributed by atoms with Crippen LogP contribution >= 0.6 is 0 Å². The molecule has 26 heavy (non-hydrogen) atoms. The number of fused-ring (bicyclic) bond motifs is 1. The van der Waals surface area contributed by atoms with Crippen LogP contribution in [0.1, 0.15) is 15.9 Å². The molecule has 132 valence electrons. The van der Waals surface area contributed by atoms with Crippen LogP contribution in [-0.2, 0) is 16.0 Å². The van der Waals surface area contributed by atoms with Gasteiger partial charge < -0.3 is 15.2 Å². The van der Waals surface area contributed by atoms with E-state index in [1.807, 2.05) is 42.5 Å². The van der Waals surface area contributed by atoms with Gasteiger partial charge in [0.05, 0.1) is 7.11 Å². The molecule has 3 aromatic rings. The average Bonchev–Trinajstić information content (AvgIpc) is 2.67. The van der Waals surface area contributed by atoms with Crippen molar-refractivity contribution in [3.8, 4) is 5.75 Å². The predicted molar refractivity (Wildman–Crippen MR) is 99.0 cm³/mol. The van der Waals surface area contributed by atoms with E-state index in [1.54, 1.807) is 12.1 Å². The Labute approximate surface area is 151 Å². The molecule has 0 saturated heterocycles. The van der Waals surface area contributed by atoms with Gasteiger partial charge in [0.25, 0.3) is 5.91 Å². The van der Waals surface area contributed by atoms with Crippen molar-refractivity contribution in [1.29, 1.82) is 0 Å². The van der Waals surface area contributed by atoms with Crippen molar-refractivity contribution < 1.29 is 19.4 Å². The number of carbonyl (C=O) groups excluding carboxylic acids is 2. The first kappa shape index (κ1) is 17.5. The zero-order chi connectivity index (χ0) is 18.5. The maximum absolute atomic E-state index is 12.5. The lowest BCUT2D eigenvalue weighted by molar-refractivity contribution is -0.142. The molecule has 0 fully saturated rings. The molecule has 0 aliphatic rings. The summed E-state index contributed by atoms with van der Waals surface area (Å²) in [6.07, 6.45) is 0.304. The number of hydrogen-bond acceptors (Lipinski definition) is 4. The van der Waals surface area contributed by atoms with E-state index in [9.17, 15) is 14.7 Å². The lowest BCUT2D eigenvalue weighted by Crippen LogP contribution is -2.43. The highest BCUT2D eigenvalue weighted by molar-refractivity contribution is 5.97. The Hall–Kier alpha value is -3.34. The molecule has 0 spiro atoms. The molecule has 0 aromatic heterocycles. The Bertz CT molecular complexity index is 946. The van der Waals surface area contributed by atoms with Gasteiger partial charge in [-0.3, -0.25) is 4.79 Å². The van der Waals surface area contributed by atoms with E-state index >= 15 is 0 Å². The number of nitrogens with one attached hydrogen (secondary N) is 1. The Morgan fingerprint density at radius 1 is 1.04 bits per heavy atom. The second-order valence-electron chi connectivity index (χ2n) is 5.94. The number of amides is 1. The molecule has 0 saturated carbocycles. The third kappa shape index (κ3) is 3.83. The number of hydrogen-bond donors (Lipinski definition) is 2. The highest BCUT2D eigenvalue weighted by atomic mass is 16.5. The number of phenols is 1. The Morgan fingerprint density at radius 2 is 1.77 bits per heavy atom. The van der Waals surface area contributed by atoms with Gasteiger partial charge in [0.2, 0.25) is 0 Å². The van der Waals surface area contributed by atoms with Crippen molar-refractivity contribution in [2.45, 2.75) is 12.5 Å². The first-order valence-corrected chi connectivity index (χ1v) is 8.23.